The number of benzene rings is 3. The summed E-state index contributed by atoms with van der Waals surface area (Å²) in [6, 6.07) is 22.5. The van der Waals surface area contributed by atoms with Gasteiger partial charge in [-0.2, -0.15) is 10.1 Å². The van der Waals surface area contributed by atoms with Crippen LogP contribution in [0.1, 0.15) is 18.1 Å². The maximum Gasteiger partial charge on any atom is 0.280 e. The van der Waals surface area contributed by atoms with E-state index in [2.05, 4.69) is 5.10 Å². The van der Waals surface area contributed by atoms with Gasteiger partial charge in [0.25, 0.3) is 5.91 Å². The zero-order chi connectivity index (χ0) is 21.1. The third-order valence-electron chi connectivity index (χ3n) is 4.59. The Labute approximate surface area is 185 Å². The zero-order valence-electron chi connectivity index (χ0n) is 16.2. The van der Waals surface area contributed by atoms with Crippen LogP contribution in [0.3, 0.4) is 0 Å². The van der Waals surface area contributed by atoms with Crippen molar-refractivity contribution in [1.82, 2.24) is 0 Å². The van der Waals surface area contributed by atoms with Gasteiger partial charge in [0.2, 0.25) is 0 Å². The molecule has 1 aliphatic heterocycles. The van der Waals surface area contributed by atoms with Crippen molar-refractivity contribution in [2.75, 3.05) is 5.01 Å². The smallest absolute Gasteiger partial charge is 0.280 e. The average Bonchev–Trinajstić information content (AvgIpc) is 3.02. The lowest BCUT2D eigenvalue weighted by atomic mass is 10.1. The SMILES string of the molecule is CC1=NN(c2cc(Cl)cc(Cl)c2)C(=O)C1=Cc1ccc(OCc2ccccc2)cc1. The van der Waals surface area contributed by atoms with E-state index in [9.17, 15) is 4.79 Å². The predicted molar refractivity (Wildman–Crippen MR) is 122 cm³/mol. The molecule has 1 aliphatic rings. The molecule has 0 bridgehead atoms. The largest absolute Gasteiger partial charge is 0.489 e. The molecule has 0 radical (unpaired) electrons. The number of hydrazone groups is 1. The highest BCUT2D eigenvalue weighted by Crippen LogP contribution is 2.30. The second-order valence-electron chi connectivity index (χ2n) is 6.83. The normalized spacial score (nSPS) is 14.9. The first-order valence-electron chi connectivity index (χ1n) is 9.34. The van der Waals surface area contributed by atoms with Gasteiger partial charge in [0.05, 0.1) is 17.0 Å². The van der Waals surface area contributed by atoms with Crippen LogP contribution in [0, 0.1) is 0 Å². The number of ether oxygens (including phenoxy) is 1. The van der Waals surface area contributed by atoms with Crippen molar-refractivity contribution >= 4 is 46.6 Å². The molecule has 0 unspecified atom stereocenters. The molecule has 0 aliphatic carbocycles. The van der Waals surface area contributed by atoms with Gasteiger partial charge in [-0.3, -0.25) is 4.79 Å². The number of anilines is 1. The summed E-state index contributed by atoms with van der Waals surface area (Å²) >= 11 is 12.1. The molecule has 4 nitrogen and oxygen atoms in total. The molecule has 0 aromatic heterocycles. The molecule has 3 aromatic rings. The molecule has 1 amide bonds. The fourth-order valence-electron chi connectivity index (χ4n) is 3.09. The summed E-state index contributed by atoms with van der Waals surface area (Å²) in [5.41, 5.74) is 3.66. The first kappa shape index (κ1) is 20.2. The molecular formula is C24H18Cl2N2O2. The van der Waals surface area contributed by atoms with Crippen LogP contribution in [-0.4, -0.2) is 11.6 Å². The Hall–Kier alpha value is -3.08. The van der Waals surface area contributed by atoms with Gasteiger partial charge in [-0.1, -0.05) is 65.7 Å². The molecule has 30 heavy (non-hydrogen) atoms. The van der Waals surface area contributed by atoms with E-state index >= 15 is 0 Å². The van der Waals surface area contributed by atoms with E-state index in [0.29, 0.717) is 33.6 Å². The van der Waals surface area contributed by atoms with Gasteiger partial charge in [0.1, 0.15) is 12.4 Å². The maximum absolute atomic E-state index is 12.9. The Morgan fingerprint density at radius 3 is 2.30 bits per heavy atom. The van der Waals surface area contributed by atoms with Crippen LogP contribution in [0.15, 0.2) is 83.5 Å². The summed E-state index contributed by atoms with van der Waals surface area (Å²) in [7, 11) is 0. The minimum absolute atomic E-state index is 0.227. The van der Waals surface area contributed by atoms with Crippen molar-refractivity contribution in [3.05, 3.63) is 99.5 Å². The third-order valence-corrected chi connectivity index (χ3v) is 5.03. The molecule has 3 aromatic carbocycles. The van der Waals surface area contributed by atoms with Crippen molar-refractivity contribution in [2.24, 2.45) is 5.10 Å². The highest BCUT2D eigenvalue weighted by Gasteiger charge is 2.29. The third kappa shape index (κ3) is 4.56. The van der Waals surface area contributed by atoms with Gasteiger partial charge in [-0.15, -0.1) is 0 Å². The van der Waals surface area contributed by atoms with Gasteiger partial charge in [0.15, 0.2) is 0 Å². The van der Waals surface area contributed by atoms with E-state index in [4.69, 9.17) is 27.9 Å². The Morgan fingerprint density at radius 1 is 0.967 bits per heavy atom. The Bertz CT molecular complexity index is 1120. The molecule has 4 rings (SSSR count). The fraction of sp³-hybridized carbons (Fsp3) is 0.0833. The highest BCUT2D eigenvalue weighted by molar-refractivity contribution is 6.36. The van der Waals surface area contributed by atoms with Gasteiger partial charge in [-0.25, -0.2) is 0 Å². The number of amides is 1. The summed E-state index contributed by atoms with van der Waals surface area (Å²) in [6.45, 7) is 2.30. The first-order valence-corrected chi connectivity index (χ1v) is 10.1. The standard InChI is InChI=1S/C24H18Cl2N2O2/c1-16-23(24(29)28(27-16)21-13-19(25)12-20(26)14-21)11-17-7-9-22(10-8-17)30-15-18-5-3-2-4-6-18/h2-14H,15H2,1H3. The number of hydrogen-bond acceptors (Lipinski definition) is 3. The van der Waals surface area contributed by atoms with Gasteiger partial charge < -0.3 is 4.74 Å². The van der Waals surface area contributed by atoms with Crippen molar-refractivity contribution in [3.63, 3.8) is 0 Å². The number of nitrogens with zero attached hydrogens (tertiary/aromatic N) is 2. The number of hydrogen-bond donors (Lipinski definition) is 0. The summed E-state index contributed by atoms with van der Waals surface area (Å²) in [6.07, 6.45) is 1.81. The van der Waals surface area contributed by atoms with Crippen LogP contribution < -0.4 is 9.75 Å². The van der Waals surface area contributed by atoms with Gasteiger partial charge in [0, 0.05) is 10.0 Å². The van der Waals surface area contributed by atoms with Gasteiger partial charge >= 0.3 is 0 Å². The van der Waals surface area contributed by atoms with E-state index in [0.717, 1.165) is 16.9 Å². The minimum Gasteiger partial charge on any atom is -0.489 e. The molecule has 0 spiro atoms. The van der Waals surface area contributed by atoms with E-state index in [-0.39, 0.29) is 5.91 Å². The molecule has 150 valence electrons. The summed E-state index contributed by atoms with van der Waals surface area (Å²) in [5.74, 6) is 0.537. The van der Waals surface area contributed by atoms with Crippen molar-refractivity contribution < 1.29 is 9.53 Å². The second kappa shape index (κ2) is 8.74. The number of rotatable bonds is 5. The van der Waals surface area contributed by atoms with Crippen molar-refractivity contribution in [2.45, 2.75) is 13.5 Å². The highest BCUT2D eigenvalue weighted by atomic mass is 35.5. The van der Waals surface area contributed by atoms with E-state index in [1.807, 2.05) is 60.7 Å². The van der Waals surface area contributed by atoms with Crippen LogP contribution in [0.4, 0.5) is 5.69 Å². The first-order chi connectivity index (χ1) is 14.5. The average molecular weight is 437 g/mol. The van der Waals surface area contributed by atoms with Crippen LogP contribution in [-0.2, 0) is 11.4 Å². The molecule has 0 atom stereocenters. The Balaban J connectivity index is 1.49. The summed E-state index contributed by atoms with van der Waals surface area (Å²) in [4.78, 5) is 12.9. The molecule has 0 saturated heterocycles. The lowest BCUT2D eigenvalue weighted by Gasteiger charge is -2.12. The Morgan fingerprint density at radius 2 is 1.63 bits per heavy atom. The van der Waals surface area contributed by atoms with Crippen molar-refractivity contribution in [1.29, 1.82) is 0 Å². The van der Waals surface area contributed by atoms with Crippen LogP contribution in [0.25, 0.3) is 6.08 Å². The summed E-state index contributed by atoms with van der Waals surface area (Å²) < 4.78 is 5.81. The van der Waals surface area contributed by atoms with E-state index < -0.39 is 0 Å². The topological polar surface area (TPSA) is 41.9 Å². The molecule has 1 heterocycles. The number of halogens is 2. The van der Waals surface area contributed by atoms with E-state index in [1.54, 1.807) is 25.1 Å². The second-order valence-corrected chi connectivity index (χ2v) is 7.70. The van der Waals surface area contributed by atoms with Crippen LogP contribution in [0.2, 0.25) is 10.0 Å². The predicted octanol–water partition coefficient (Wildman–Crippen LogP) is 6.38. The van der Waals surface area contributed by atoms with Crippen LogP contribution >= 0.6 is 23.2 Å². The monoisotopic (exact) mass is 436 g/mol. The minimum atomic E-state index is -0.227. The van der Waals surface area contributed by atoms with Crippen molar-refractivity contribution in [3.8, 4) is 5.75 Å². The molecular weight excluding hydrogens is 419 g/mol. The molecule has 0 saturated carbocycles. The number of carbonyl (C=O) groups is 1. The lowest BCUT2D eigenvalue weighted by Crippen LogP contribution is -2.21. The summed E-state index contributed by atoms with van der Waals surface area (Å²) in [5, 5.41) is 6.58. The number of carbonyl (C=O) groups excluding carboxylic acids is 1. The molecule has 6 heteroatoms. The molecule has 0 N–H and O–H groups in total. The zero-order valence-corrected chi connectivity index (χ0v) is 17.7. The Kier molecular flexibility index (Phi) is 5.88. The fourth-order valence-corrected chi connectivity index (χ4v) is 3.60. The van der Waals surface area contributed by atoms with Gasteiger partial charge in [-0.05, 0) is 54.5 Å². The lowest BCUT2D eigenvalue weighted by molar-refractivity contribution is -0.114. The van der Waals surface area contributed by atoms with Crippen LogP contribution in [0.5, 0.6) is 5.75 Å². The quantitative estimate of drug-likeness (QED) is 0.435. The maximum atomic E-state index is 12.9. The molecule has 0 fully saturated rings. The van der Waals surface area contributed by atoms with E-state index in [1.165, 1.54) is 5.01 Å².